The highest BCUT2D eigenvalue weighted by molar-refractivity contribution is 7.15. The molecule has 1 N–H and O–H groups in total. The van der Waals surface area contributed by atoms with E-state index in [4.69, 9.17) is 9.47 Å². The molecule has 10 heteroatoms. The van der Waals surface area contributed by atoms with Gasteiger partial charge in [0.25, 0.3) is 5.91 Å². The average Bonchev–Trinajstić information content (AvgIpc) is 3.54. The number of ketones is 1. The first-order valence-electron chi connectivity index (χ1n) is 10.5. The van der Waals surface area contributed by atoms with Crippen molar-refractivity contribution in [1.82, 2.24) is 10.2 Å². The Labute approximate surface area is 199 Å². The van der Waals surface area contributed by atoms with Crippen LogP contribution in [0.4, 0.5) is 5.13 Å². The lowest BCUT2D eigenvalue weighted by molar-refractivity contribution is -0.117. The van der Waals surface area contributed by atoms with Gasteiger partial charge in [0.05, 0.1) is 29.7 Å². The fourth-order valence-corrected chi connectivity index (χ4v) is 4.96. The molecule has 0 radical (unpaired) electrons. The maximum Gasteiger partial charge on any atom is 0.296 e. The number of benzene rings is 1. The zero-order valence-electron chi connectivity index (χ0n) is 18.4. The number of aliphatic hydroxyl groups is 1. The summed E-state index contributed by atoms with van der Waals surface area (Å²) in [6, 6.07) is 7.80. The molecule has 172 valence electrons. The molecule has 1 atom stereocenters. The van der Waals surface area contributed by atoms with Gasteiger partial charge in [0.1, 0.15) is 5.01 Å². The van der Waals surface area contributed by atoms with E-state index in [1.807, 2.05) is 13.8 Å². The quantitative estimate of drug-likeness (QED) is 0.431. The summed E-state index contributed by atoms with van der Waals surface area (Å²) in [5.74, 6) is -0.618. The molecule has 3 aromatic rings. The number of hydrogen-bond donors (Lipinski definition) is 1. The lowest BCUT2D eigenvalue weighted by Crippen LogP contribution is -2.31. The number of aryl methyl sites for hydroxylation is 1. The first kappa shape index (κ1) is 22.9. The molecule has 0 spiro atoms. The maximum absolute atomic E-state index is 13.4. The monoisotopic (exact) mass is 485 g/mol. The Balaban J connectivity index is 1.85. The molecule has 0 bridgehead atoms. The van der Waals surface area contributed by atoms with Crippen LogP contribution in [0.15, 0.2) is 47.0 Å². The number of thiophene rings is 1. The van der Waals surface area contributed by atoms with Gasteiger partial charge in [0.2, 0.25) is 10.9 Å². The van der Waals surface area contributed by atoms with E-state index < -0.39 is 23.5 Å². The van der Waals surface area contributed by atoms with Crippen molar-refractivity contribution in [3.63, 3.8) is 0 Å². The predicted octanol–water partition coefficient (Wildman–Crippen LogP) is 4.88. The minimum absolute atomic E-state index is 0.0000203. The number of aromatic nitrogens is 2. The number of nitrogens with zero attached hydrogens (tertiary/aromatic N) is 3. The first-order valence-corrected chi connectivity index (χ1v) is 12.2. The molecule has 0 saturated heterocycles. The summed E-state index contributed by atoms with van der Waals surface area (Å²) in [5.41, 5.74) is 0.590. The number of aliphatic hydroxyl groups excluding tert-OH is 1. The zero-order valence-corrected chi connectivity index (χ0v) is 20.0. The Bertz CT molecular complexity index is 1200. The van der Waals surface area contributed by atoms with Crippen molar-refractivity contribution in [2.45, 2.75) is 33.2 Å². The second kappa shape index (κ2) is 9.72. The van der Waals surface area contributed by atoms with Gasteiger partial charge < -0.3 is 14.6 Å². The standard InChI is InChI=1S/C23H23N3O5S2/c1-4-10-31-15-9-8-14(12-16(15)30-5-2)19-18(20(27)17-7-6-11-32-17)21(28)22(29)26(19)23-25-24-13(3)33-23/h6-9,11-12,19,28H,4-5,10H2,1-3H3. The Morgan fingerprint density at radius 2 is 2.00 bits per heavy atom. The third kappa shape index (κ3) is 4.36. The molecular weight excluding hydrogens is 462 g/mol. The predicted molar refractivity (Wildman–Crippen MR) is 127 cm³/mol. The number of anilines is 1. The van der Waals surface area contributed by atoms with Crippen LogP contribution in [0.5, 0.6) is 11.5 Å². The summed E-state index contributed by atoms with van der Waals surface area (Å²) in [4.78, 5) is 28.3. The van der Waals surface area contributed by atoms with Crippen LogP contribution in [-0.4, -0.2) is 40.2 Å². The van der Waals surface area contributed by atoms with E-state index in [0.717, 1.165) is 6.42 Å². The number of hydrogen-bond acceptors (Lipinski definition) is 9. The average molecular weight is 486 g/mol. The highest BCUT2D eigenvalue weighted by Crippen LogP contribution is 2.44. The second-order valence-electron chi connectivity index (χ2n) is 7.24. The van der Waals surface area contributed by atoms with Crippen LogP contribution in [0.1, 0.15) is 46.6 Å². The second-order valence-corrected chi connectivity index (χ2v) is 9.35. The van der Waals surface area contributed by atoms with E-state index >= 15 is 0 Å². The third-order valence-electron chi connectivity index (χ3n) is 4.96. The van der Waals surface area contributed by atoms with Crippen molar-refractivity contribution < 1.29 is 24.2 Å². The maximum atomic E-state index is 13.4. The van der Waals surface area contributed by atoms with E-state index in [9.17, 15) is 14.7 Å². The Hall–Kier alpha value is -3.24. The topological polar surface area (TPSA) is 102 Å². The van der Waals surface area contributed by atoms with Gasteiger partial charge in [-0.2, -0.15) is 0 Å². The number of carbonyl (C=O) groups is 2. The van der Waals surface area contributed by atoms with Crippen molar-refractivity contribution in [1.29, 1.82) is 0 Å². The molecule has 0 fully saturated rings. The minimum Gasteiger partial charge on any atom is -0.503 e. The molecule has 1 amide bonds. The summed E-state index contributed by atoms with van der Waals surface area (Å²) >= 11 is 2.46. The van der Waals surface area contributed by atoms with Crippen molar-refractivity contribution in [3.8, 4) is 11.5 Å². The van der Waals surface area contributed by atoms with Crippen LogP contribution < -0.4 is 14.4 Å². The number of carbonyl (C=O) groups excluding carboxylic acids is 2. The van der Waals surface area contributed by atoms with Gasteiger partial charge in [-0.1, -0.05) is 30.4 Å². The molecule has 3 heterocycles. The van der Waals surface area contributed by atoms with Crippen LogP contribution >= 0.6 is 22.7 Å². The fourth-order valence-electron chi connectivity index (χ4n) is 3.57. The lowest BCUT2D eigenvalue weighted by atomic mass is 9.95. The SMILES string of the molecule is CCCOc1ccc(C2C(C(=O)c3cccs3)=C(O)C(=O)N2c2nnc(C)s2)cc1OCC. The molecule has 8 nitrogen and oxygen atoms in total. The third-order valence-corrected chi connectivity index (χ3v) is 6.67. The largest absolute Gasteiger partial charge is 0.503 e. The van der Waals surface area contributed by atoms with E-state index in [1.54, 1.807) is 42.6 Å². The van der Waals surface area contributed by atoms with Crippen LogP contribution in [0.2, 0.25) is 0 Å². The highest BCUT2D eigenvalue weighted by Gasteiger charge is 2.46. The summed E-state index contributed by atoms with van der Waals surface area (Å²) < 4.78 is 11.6. The lowest BCUT2D eigenvalue weighted by Gasteiger charge is -2.25. The molecule has 0 saturated carbocycles. The Kier molecular flexibility index (Phi) is 6.75. The van der Waals surface area contributed by atoms with Crippen molar-refractivity contribution in [2.24, 2.45) is 0 Å². The van der Waals surface area contributed by atoms with Gasteiger partial charge in [0.15, 0.2) is 17.3 Å². The fraction of sp³-hybridized carbons (Fsp3) is 0.304. The number of amides is 1. The van der Waals surface area contributed by atoms with Crippen molar-refractivity contribution >= 4 is 39.5 Å². The summed E-state index contributed by atoms with van der Waals surface area (Å²) in [7, 11) is 0. The summed E-state index contributed by atoms with van der Waals surface area (Å²) in [6.45, 7) is 6.59. The van der Waals surface area contributed by atoms with E-state index in [-0.39, 0.29) is 5.57 Å². The van der Waals surface area contributed by atoms with Crippen LogP contribution in [0, 0.1) is 6.92 Å². The van der Waals surface area contributed by atoms with Crippen LogP contribution in [0.25, 0.3) is 0 Å². The van der Waals surface area contributed by atoms with Gasteiger partial charge in [-0.05, 0) is 49.4 Å². The number of Topliss-reactive ketones (excluding diaryl/α,β-unsaturated/α-hetero) is 1. The van der Waals surface area contributed by atoms with Gasteiger partial charge in [-0.3, -0.25) is 14.5 Å². The number of rotatable bonds is 9. The van der Waals surface area contributed by atoms with Gasteiger partial charge in [0, 0.05) is 0 Å². The summed E-state index contributed by atoms with van der Waals surface area (Å²) in [5, 5.41) is 21.7. The Morgan fingerprint density at radius 3 is 2.64 bits per heavy atom. The van der Waals surface area contributed by atoms with E-state index in [0.29, 0.717) is 45.3 Å². The number of ether oxygens (including phenoxy) is 2. The smallest absolute Gasteiger partial charge is 0.296 e. The molecule has 1 aromatic carbocycles. The van der Waals surface area contributed by atoms with Crippen LogP contribution in [-0.2, 0) is 4.79 Å². The highest BCUT2D eigenvalue weighted by atomic mass is 32.1. The molecule has 1 aliphatic heterocycles. The molecule has 1 aliphatic rings. The van der Waals surface area contributed by atoms with E-state index in [2.05, 4.69) is 10.2 Å². The molecular formula is C23H23N3O5S2. The van der Waals surface area contributed by atoms with Gasteiger partial charge in [-0.25, -0.2) is 0 Å². The molecule has 4 rings (SSSR count). The molecule has 33 heavy (non-hydrogen) atoms. The molecule has 2 aromatic heterocycles. The van der Waals surface area contributed by atoms with Crippen molar-refractivity contribution in [2.75, 3.05) is 18.1 Å². The van der Waals surface area contributed by atoms with E-state index in [1.165, 1.54) is 27.6 Å². The van der Waals surface area contributed by atoms with Gasteiger partial charge in [-0.15, -0.1) is 21.5 Å². The minimum atomic E-state index is -0.890. The zero-order chi connectivity index (χ0) is 23.5. The Morgan fingerprint density at radius 1 is 1.18 bits per heavy atom. The van der Waals surface area contributed by atoms with Gasteiger partial charge >= 0.3 is 0 Å². The first-order chi connectivity index (χ1) is 16.0. The summed E-state index contributed by atoms with van der Waals surface area (Å²) in [6.07, 6.45) is 0.838. The molecule has 0 aliphatic carbocycles. The molecule has 1 unspecified atom stereocenters. The normalized spacial score (nSPS) is 15.9. The van der Waals surface area contributed by atoms with Crippen molar-refractivity contribution in [3.05, 3.63) is 62.5 Å². The van der Waals surface area contributed by atoms with Crippen LogP contribution in [0.3, 0.4) is 0 Å².